The van der Waals surface area contributed by atoms with Crippen LogP contribution in [-0.2, 0) is 18.4 Å². The lowest BCUT2D eigenvalue weighted by Gasteiger charge is -2.26. The highest BCUT2D eigenvalue weighted by Crippen LogP contribution is 2.46. The third-order valence-electron chi connectivity index (χ3n) is 5.54. The van der Waals surface area contributed by atoms with E-state index in [2.05, 4.69) is 26.8 Å². The summed E-state index contributed by atoms with van der Waals surface area (Å²) in [5.74, 6) is 1.76. The van der Waals surface area contributed by atoms with Crippen molar-refractivity contribution >= 4 is 22.9 Å². The monoisotopic (exact) mass is 330 g/mol. The van der Waals surface area contributed by atoms with Crippen molar-refractivity contribution in [2.45, 2.75) is 19.9 Å². The summed E-state index contributed by atoms with van der Waals surface area (Å²) in [6.07, 6.45) is 4.77. The number of rotatable bonds is 3. The lowest BCUT2D eigenvalue weighted by Crippen LogP contribution is -2.39. The largest absolute Gasteiger partial charge is 0.337 e. The third-order valence-corrected chi connectivity index (χ3v) is 6.21. The number of hydrogen-bond acceptors (Lipinski definition) is 4. The Labute approximate surface area is 140 Å². The molecule has 0 unspecified atom stereocenters. The van der Waals surface area contributed by atoms with Crippen molar-refractivity contribution < 1.29 is 4.79 Å². The average Bonchev–Trinajstić information content (AvgIpc) is 3.27. The maximum absolute atomic E-state index is 13.1. The van der Waals surface area contributed by atoms with E-state index in [1.54, 1.807) is 11.3 Å². The van der Waals surface area contributed by atoms with Gasteiger partial charge in [-0.2, -0.15) is 11.3 Å². The zero-order valence-corrected chi connectivity index (χ0v) is 14.4. The molecule has 2 aromatic rings. The lowest BCUT2D eigenvalue weighted by atomic mass is 9.78. The van der Waals surface area contributed by atoms with Crippen molar-refractivity contribution in [1.29, 1.82) is 0 Å². The summed E-state index contributed by atoms with van der Waals surface area (Å²) in [4.78, 5) is 21.9. The molecule has 2 fully saturated rings. The minimum atomic E-state index is -0.215. The molecule has 122 valence electrons. The second-order valence-corrected chi connectivity index (χ2v) is 7.65. The van der Waals surface area contributed by atoms with Crippen LogP contribution in [0.2, 0.25) is 0 Å². The van der Waals surface area contributed by atoms with Gasteiger partial charge in [0.05, 0.1) is 17.6 Å². The van der Waals surface area contributed by atoms with Gasteiger partial charge in [0.15, 0.2) is 0 Å². The Morgan fingerprint density at radius 3 is 3.04 bits per heavy atom. The number of carbonyl (C=O) groups is 1. The van der Waals surface area contributed by atoms with Gasteiger partial charge < -0.3 is 9.47 Å². The van der Waals surface area contributed by atoms with Crippen LogP contribution >= 0.6 is 11.3 Å². The molecule has 0 radical (unpaired) electrons. The molecule has 2 aliphatic heterocycles. The standard InChI is InChI=1S/C17H22N4OS/c1-13-9-20(10-15-18-5-7-19(15)2)12-17(13)4-6-21(16(17)22)14-3-8-23-11-14/h3,5,7-8,11,13H,4,6,9-10,12H2,1-2H3/t13-,17-/m0/s1. The molecule has 0 bridgehead atoms. The lowest BCUT2D eigenvalue weighted by molar-refractivity contribution is -0.126. The minimum absolute atomic E-state index is 0.215. The molecule has 6 heteroatoms. The van der Waals surface area contributed by atoms with E-state index in [0.717, 1.165) is 44.1 Å². The van der Waals surface area contributed by atoms with Gasteiger partial charge in [0.2, 0.25) is 5.91 Å². The van der Waals surface area contributed by atoms with Crippen molar-refractivity contribution in [2.75, 3.05) is 24.5 Å². The normalized spacial score (nSPS) is 28.3. The maximum Gasteiger partial charge on any atom is 0.234 e. The summed E-state index contributed by atoms with van der Waals surface area (Å²) in [7, 11) is 2.02. The molecule has 2 saturated heterocycles. The van der Waals surface area contributed by atoms with Gasteiger partial charge in [-0.15, -0.1) is 0 Å². The topological polar surface area (TPSA) is 41.4 Å². The van der Waals surface area contributed by atoms with E-state index in [0.29, 0.717) is 11.8 Å². The Balaban J connectivity index is 1.53. The number of carbonyl (C=O) groups excluding carboxylic acids is 1. The smallest absolute Gasteiger partial charge is 0.234 e. The molecular weight excluding hydrogens is 308 g/mol. The molecule has 4 heterocycles. The highest BCUT2D eigenvalue weighted by molar-refractivity contribution is 7.08. The first-order chi connectivity index (χ1) is 11.1. The van der Waals surface area contributed by atoms with Gasteiger partial charge in [-0.25, -0.2) is 4.98 Å². The summed E-state index contributed by atoms with van der Waals surface area (Å²) in [6, 6.07) is 2.05. The number of aryl methyl sites for hydroxylation is 1. The molecule has 0 aromatic carbocycles. The number of nitrogens with zero attached hydrogens (tertiary/aromatic N) is 4. The fraction of sp³-hybridized carbons (Fsp3) is 0.529. The fourth-order valence-electron chi connectivity index (χ4n) is 4.10. The van der Waals surface area contributed by atoms with Crippen LogP contribution in [0.25, 0.3) is 0 Å². The van der Waals surface area contributed by atoms with Gasteiger partial charge >= 0.3 is 0 Å². The van der Waals surface area contributed by atoms with Gasteiger partial charge in [0.25, 0.3) is 0 Å². The first-order valence-corrected chi connectivity index (χ1v) is 9.07. The Morgan fingerprint density at radius 2 is 2.35 bits per heavy atom. The van der Waals surface area contributed by atoms with Crippen LogP contribution < -0.4 is 4.90 Å². The summed E-state index contributed by atoms with van der Waals surface area (Å²) in [5.41, 5.74) is 0.847. The van der Waals surface area contributed by atoms with E-state index in [1.165, 1.54) is 0 Å². The number of likely N-dealkylation sites (tertiary alicyclic amines) is 1. The highest BCUT2D eigenvalue weighted by Gasteiger charge is 2.55. The van der Waals surface area contributed by atoms with Crippen molar-refractivity contribution in [3.63, 3.8) is 0 Å². The Hall–Kier alpha value is -1.66. The molecule has 2 aliphatic rings. The number of anilines is 1. The van der Waals surface area contributed by atoms with Crippen LogP contribution in [0.15, 0.2) is 29.2 Å². The third kappa shape index (κ3) is 2.32. The highest BCUT2D eigenvalue weighted by atomic mass is 32.1. The molecule has 2 aromatic heterocycles. The van der Waals surface area contributed by atoms with E-state index in [1.807, 2.05) is 35.8 Å². The number of imidazole rings is 1. The summed E-state index contributed by atoms with van der Waals surface area (Å²) >= 11 is 1.65. The van der Waals surface area contributed by atoms with Crippen molar-refractivity contribution in [2.24, 2.45) is 18.4 Å². The molecule has 0 aliphatic carbocycles. The van der Waals surface area contributed by atoms with Crippen molar-refractivity contribution in [3.05, 3.63) is 35.0 Å². The molecule has 1 spiro atoms. The van der Waals surface area contributed by atoms with Gasteiger partial charge in [0, 0.05) is 44.5 Å². The van der Waals surface area contributed by atoms with Crippen molar-refractivity contribution in [3.8, 4) is 0 Å². The molecule has 23 heavy (non-hydrogen) atoms. The molecule has 2 atom stereocenters. The maximum atomic E-state index is 13.1. The van der Waals surface area contributed by atoms with Gasteiger partial charge in [0.1, 0.15) is 5.82 Å². The Morgan fingerprint density at radius 1 is 1.48 bits per heavy atom. The van der Waals surface area contributed by atoms with Crippen LogP contribution in [0.4, 0.5) is 5.69 Å². The van der Waals surface area contributed by atoms with E-state index in [4.69, 9.17) is 0 Å². The number of amides is 1. The predicted octanol–water partition coefficient (Wildman–Crippen LogP) is 2.36. The quantitative estimate of drug-likeness (QED) is 0.867. The second-order valence-electron chi connectivity index (χ2n) is 6.87. The fourth-order valence-corrected chi connectivity index (χ4v) is 4.74. The summed E-state index contributed by atoms with van der Waals surface area (Å²) in [6.45, 7) is 5.71. The van der Waals surface area contributed by atoms with E-state index < -0.39 is 0 Å². The average molecular weight is 330 g/mol. The molecule has 4 rings (SSSR count). The number of thiophene rings is 1. The Kier molecular flexibility index (Phi) is 3.54. The van der Waals surface area contributed by atoms with Crippen LogP contribution in [-0.4, -0.2) is 40.0 Å². The Bertz CT molecular complexity index is 710. The minimum Gasteiger partial charge on any atom is -0.337 e. The molecule has 0 saturated carbocycles. The first kappa shape index (κ1) is 14.9. The van der Waals surface area contributed by atoms with Crippen molar-refractivity contribution in [1.82, 2.24) is 14.5 Å². The van der Waals surface area contributed by atoms with Crippen LogP contribution in [0.5, 0.6) is 0 Å². The number of hydrogen-bond donors (Lipinski definition) is 0. The molecule has 0 N–H and O–H groups in total. The van der Waals surface area contributed by atoms with Gasteiger partial charge in [-0.3, -0.25) is 9.69 Å². The number of aromatic nitrogens is 2. The molecule has 5 nitrogen and oxygen atoms in total. The molecule has 1 amide bonds. The first-order valence-electron chi connectivity index (χ1n) is 8.13. The zero-order chi connectivity index (χ0) is 16.0. The van der Waals surface area contributed by atoms with Gasteiger partial charge in [-0.1, -0.05) is 6.92 Å². The van der Waals surface area contributed by atoms with Crippen LogP contribution in [0, 0.1) is 11.3 Å². The van der Waals surface area contributed by atoms with Crippen LogP contribution in [0.3, 0.4) is 0 Å². The second kappa shape index (κ2) is 5.46. The van der Waals surface area contributed by atoms with E-state index in [9.17, 15) is 4.79 Å². The summed E-state index contributed by atoms with van der Waals surface area (Å²) in [5, 5.41) is 4.11. The van der Waals surface area contributed by atoms with Crippen LogP contribution in [0.1, 0.15) is 19.2 Å². The molecular formula is C17H22N4OS. The predicted molar refractivity (Wildman–Crippen MR) is 91.4 cm³/mol. The van der Waals surface area contributed by atoms with E-state index in [-0.39, 0.29) is 5.41 Å². The van der Waals surface area contributed by atoms with E-state index >= 15 is 0 Å². The van der Waals surface area contributed by atoms with Gasteiger partial charge in [-0.05, 0) is 23.8 Å². The SMILES string of the molecule is C[C@H]1CN(Cc2nccn2C)C[C@@]12CCN(c1ccsc1)C2=O. The summed E-state index contributed by atoms with van der Waals surface area (Å²) < 4.78 is 2.06. The zero-order valence-electron chi connectivity index (χ0n) is 13.6.